The first-order valence-electron chi connectivity index (χ1n) is 4.44. The SMILES string of the molecule is [CH2]C(O)CCCN(CC)CC. The lowest BCUT2D eigenvalue weighted by Gasteiger charge is -2.17. The van der Waals surface area contributed by atoms with Gasteiger partial charge in [0.05, 0.1) is 6.10 Å². The lowest BCUT2D eigenvalue weighted by Crippen LogP contribution is -2.24. The van der Waals surface area contributed by atoms with Crippen LogP contribution in [0.25, 0.3) is 0 Å². The highest BCUT2D eigenvalue weighted by molar-refractivity contribution is 4.59. The van der Waals surface area contributed by atoms with Crippen molar-refractivity contribution in [3.8, 4) is 0 Å². The summed E-state index contributed by atoms with van der Waals surface area (Å²) in [5.41, 5.74) is 0. The van der Waals surface area contributed by atoms with E-state index >= 15 is 0 Å². The van der Waals surface area contributed by atoms with E-state index < -0.39 is 0 Å². The van der Waals surface area contributed by atoms with E-state index in [2.05, 4.69) is 25.7 Å². The number of nitrogens with zero attached hydrogens (tertiary/aromatic N) is 1. The predicted molar refractivity (Wildman–Crippen MR) is 48.4 cm³/mol. The maximum atomic E-state index is 8.88. The molecular weight excluding hydrogens is 138 g/mol. The number of aliphatic hydroxyl groups excluding tert-OH is 1. The van der Waals surface area contributed by atoms with Crippen molar-refractivity contribution < 1.29 is 5.11 Å². The second kappa shape index (κ2) is 6.62. The second-order valence-corrected chi connectivity index (χ2v) is 2.82. The summed E-state index contributed by atoms with van der Waals surface area (Å²) in [6.07, 6.45) is 1.48. The van der Waals surface area contributed by atoms with Crippen LogP contribution in [0.5, 0.6) is 0 Å². The van der Waals surface area contributed by atoms with Gasteiger partial charge in [0.25, 0.3) is 0 Å². The van der Waals surface area contributed by atoms with Crippen LogP contribution < -0.4 is 0 Å². The van der Waals surface area contributed by atoms with E-state index in [1.165, 1.54) is 0 Å². The topological polar surface area (TPSA) is 23.5 Å². The quantitative estimate of drug-likeness (QED) is 0.630. The summed E-state index contributed by atoms with van der Waals surface area (Å²) in [5, 5.41) is 8.88. The third-order valence-electron chi connectivity index (χ3n) is 1.91. The summed E-state index contributed by atoms with van der Waals surface area (Å²) in [7, 11) is 0. The molecule has 11 heavy (non-hydrogen) atoms. The van der Waals surface area contributed by atoms with Gasteiger partial charge in [0.2, 0.25) is 0 Å². The van der Waals surface area contributed by atoms with Crippen LogP contribution in [0.1, 0.15) is 26.7 Å². The molecule has 0 aromatic heterocycles. The van der Waals surface area contributed by atoms with Crippen molar-refractivity contribution in [2.75, 3.05) is 19.6 Å². The molecule has 0 saturated heterocycles. The summed E-state index contributed by atoms with van der Waals surface area (Å²) < 4.78 is 0. The van der Waals surface area contributed by atoms with Crippen LogP contribution in [0.15, 0.2) is 0 Å². The summed E-state index contributed by atoms with van der Waals surface area (Å²) >= 11 is 0. The van der Waals surface area contributed by atoms with Gasteiger partial charge < -0.3 is 10.0 Å². The van der Waals surface area contributed by atoms with Crippen molar-refractivity contribution in [1.82, 2.24) is 4.90 Å². The zero-order valence-corrected chi connectivity index (χ0v) is 7.71. The summed E-state index contributed by atoms with van der Waals surface area (Å²) in [6.45, 7) is 11.1. The predicted octanol–water partition coefficient (Wildman–Crippen LogP) is 1.30. The fraction of sp³-hybridized carbons (Fsp3) is 0.889. The minimum absolute atomic E-state index is 0.384. The van der Waals surface area contributed by atoms with Crippen LogP contribution in [-0.2, 0) is 0 Å². The first-order valence-corrected chi connectivity index (χ1v) is 4.44. The van der Waals surface area contributed by atoms with E-state index in [1.54, 1.807) is 0 Å². The van der Waals surface area contributed by atoms with Crippen LogP contribution in [0.4, 0.5) is 0 Å². The first kappa shape index (κ1) is 10.9. The summed E-state index contributed by atoms with van der Waals surface area (Å²) in [4.78, 5) is 2.35. The molecule has 0 bridgehead atoms. The zero-order valence-electron chi connectivity index (χ0n) is 7.71. The average molecular weight is 158 g/mol. The largest absolute Gasteiger partial charge is 0.393 e. The standard InChI is InChI=1S/C9H20NO/c1-4-10(5-2)8-6-7-9(3)11/h9,11H,3-8H2,1-2H3. The van der Waals surface area contributed by atoms with Gasteiger partial charge in [0.15, 0.2) is 0 Å². The Morgan fingerprint density at radius 3 is 2.27 bits per heavy atom. The van der Waals surface area contributed by atoms with Gasteiger partial charge in [-0.05, 0) is 39.4 Å². The number of hydrogen-bond acceptors (Lipinski definition) is 2. The first-order chi connectivity index (χ1) is 5.20. The minimum Gasteiger partial charge on any atom is -0.393 e. The summed E-state index contributed by atoms with van der Waals surface area (Å²) in [6, 6.07) is 0. The van der Waals surface area contributed by atoms with Gasteiger partial charge in [-0.2, -0.15) is 0 Å². The molecule has 0 saturated carbocycles. The normalized spacial score (nSPS) is 13.9. The Hall–Kier alpha value is -0.0800. The molecule has 1 unspecified atom stereocenters. The highest BCUT2D eigenvalue weighted by Crippen LogP contribution is 1.97. The molecule has 0 rings (SSSR count). The molecule has 0 aliphatic rings. The molecule has 1 radical (unpaired) electrons. The molecule has 0 aromatic carbocycles. The van der Waals surface area contributed by atoms with Crippen LogP contribution in [0.3, 0.4) is 0 Å². The highest BCUT2D eigenvalue weighted by Gasteiger charge is 1.99. The van der Waals surface area contributed by atoms with Gasteiger partial charge in [-0.1, -0.05) is 13.8 Å². The van der Waals surface area contributed by atoms with Crippen molar-refractivity contribution in [1.29, 1.82) is 0 Å². The molecule has 0 amide bonds. The molecule has 2 heteroatoms. The Balaban J connectivity index is 3.21. The Kier molecular flexibility index (Phi) is 6.57. The fourth-order valence-corrected chi connectivity index (χ4v) is 1.09. The molecule has 2 nitrogen and oxygen atoms in total. The third kappa shape index (κ3) is 6.32. The zero-order chi connectivity index (χ0) is 8.69. The van der Waals surface area contributed by atoms with Gasteiger partial charge in [-0.25, -0.2) is 0 Å². The maximum absolute atomic E-state index is 8.88. The van der Waals surface area contributed by atoms with E-state index in [-0.39, 0.29) is 6.10 Å². The third-order valence-corrected chi connectivity index (χ3v) is 1.91. The van der Waals surface area contributed by atoms with Gasteiger partial charge in [-0.3, -0.25) is 0 Å². The Morgan fingerprint density at radius 1 is 1.36 bits per heavy atom. The van der Waals surface area contributed by atoms with Crippen LogP contribution in [0, 0.1) is 6.92 Å². The monoisotopic (exact) mass is 158 g/mol. The number of rotatable bonds is 6. The van der Waals surface area contributed by atoms with Crippen molar-refractivity contribution >= 4 is 0 Å². The van der Waals surface area contributed by atoms with Crippen molar-refractivity contribution in [2.45, 2.75) is 32.8 Å². The van der Waals surface area contributed by atoms with Crippen molar-refractivity contribution in [3.63, 3.8) is 0 Å². The van der Waals surface area contributed by atoms with Gasteiger partial charge >= 0.3 is 0 Å². The van der Waals surface area contributed by atoms with E-state index in [9.17, 15) is 0 Å². The number of aliphatic hydroxyl groups is 1. The van der Waals surface area contributed by atoms with Crippen LogP contribution >= 0.6 is 0 Å². The molecular formula is C9H20NO. The molecule has 0 aromatic rings. The maximum Gasteiger partial charge on any atom is 0.0541 e. The van der Waals surface area contributed by atoms with Crippen molar-refractivity contribution in [2.24, 2.45) is 0 Å². The van der Waals surface area contributed by atoms with Gasteiger partial charge in [-0.15, -0.1) is 0 Å². The Bertz CT molecular complexity index is 79.6. The molecule has 0 aliphatic heterocycles. The van der Waals surface area contributed by atoms with Crippen molar-refractivity contribution in [3.05, 3.63) is 6.92 Å². The Labute approximate surface area is 70.2 Å². The minimum atomic E-state index is -0.384. The lowest BCUT2D eigenvalue weighted by atomic mass is 10.2. The molecule has 0 aliphatic carbocycles. The lowest BCUT2D eigenvalue weighted by molar-refractivity contribution is 0.195. The van der Waals surface area contributed by atoms with E-state index in [4.69, 9.17) is 5.11 Å². The number of hydrogen-bond donors (Lipinski definition) is 1. The summed E-state index contributed by atoms with van der Waals surface area (Å²) in [5.74, 6) is 0. The molecule has 1 N–H and O–H groups in total. The van der Waals surface area contributed by atoms with E-state index in [0.717, 1.165) is 32.5 Å². The van der Waals surface area contributed by atoms with Gasteiger partial charge in [0.1, 0.15) is 0 Å². The van der Waals surface area contributed by atoms with Gasteiger partial charge in [0, 0.05) is 0 Å². The molecule has 67 valence electrons. The second-order valence-electron chi connectivity index (χ2n) is 2.82. The van der Waals surface area contributed by atoms with Crippen LogP contribution in [0.2, 0.25) is 0 Å². The molecule has 0 spiro atoms. The molecule has 0 heterocycles. The molecule has 1 atom stereocenters. The highest BCUT2D eigenvalue weighted by atomic mass is 16.3. The smallest absolute Gasteiger partial charge is 0.0541 e. The molecule has 0 fully saturated rings. The fourth-order valence-electron chi connectivity index (χ4n) is 1.09. The van der Waals surface area contributed by atoms with E-state index in [1.807, 2.05) is 0 Å². The average Bonchev–Trinajstić information content (AvgIpc) is 1.98. The Morgan fingerprint density at radius 2 is 1.91 bits per heavy atom. The van der Waals surface area contributed by atoms with Crippen LogP contribution in [-0.4, -0.2) is 35.7 Å². The van der Waals surface area contributed by atoms with E-state index in [0.29, 0.717) is 0 Å².